The zero-order chi connectivity index (χ0) is 31.5. The van der Waals surface area contributed by atoms with E-state index in [4.69, 9.17) is 21.1 Å². The highest BCUT2D eigenvalue weighted by atomic mass is 35.5. The fraction of sp³-hybridized carbons (Fsp3) is 0.0625. The summed E-state index contributed by atoms with van der Waals surface area (Å²) in [6.45, 7) is 2.11. The molecule has 0 fully saturated rings. The first kappa shape index (κ1) is 31.1. The molecule has 0 saturated carbocycles. The van der Waals surface area contributed by atoms with E-state index in [1.807, 2.05) is 0 Å². The van der Waals surface area contributed by atoms with E-state index in [2.05, 4.69) is 15.8 Å². The Morgan fingerprint density at radius 2 is 1.61 bits per heavy atom. The van der Waals surface area contributed by atoms with E-state index in [1.54, 1.807) is 73.7 Å². The van der Waals surface area contributed by atoms with Crippen molar-refractivity contribution in [1.82, 2.24) is 5.43 Å². The third-order valence-electron chi connectivity index (χ3n) is 5.86. The molecule has 0 atom stereocenters. The number of benzene rings is 4. The summed E-state index contributed by atoms with van der Waals surface area (Å²) >= 11 is 5.88. The van der Waals surface area contributed by atoms with Gasteiger partial charge in [-0.1, -0.05) is 29.8 Å². The molecule has 0 heterocycles. The van der Waals surface area contributed by atoms with Gasteiger partial charge in [0, 0.05) is 40.0 Å². The number of nitrogens with one attached hydrogen (secondary N) is 2. The van der Waals surface area contributed by atoms with Gasteiger partial charge in [0.1, 0.15) is 0 Å². The minimum absolute atomic E-state index is 0.132. The number of anilines is 1. The van der Waals surface area contributed by atoms with Gasteiger partial charge in [-0.2, -0.15) is 5.10 Å². The van der Waals surface area contributed by atoms with Crippen LogP contribution in [0.2, 0.25) is 5.02 Å². The van der Waals surface area contributed by atoms with E-state index in [-0.39, 0.29) is 22.6 Å². The van der Waals surface area contributed by atoms with Crippen LogP contribution in [0.4, 0.5) is 11.4 Å². The smallest absolute Gasteiger partial charge is 0.336 e. The number of non-ortho nitro benzene ring substituents is 1. The average Bonchev–Trinajstić information content (AvgIpc) is 3.02. The van der Waals surface area contributed by atoms with E-state index in [9.17, 15) is 24.5 Å². The highest BCUT2D eigenvalue weighted by Crippen LogP contribution is 2.28. The maximum atomic E-state index is 12.7. The van der Waals surface area contributed by atoms with Crippen molar-refractivity contribution in [3.63, 3.8) is 0 Å². The summed E-state index contributed by atoms with van der Waals surface area (Å²) in [4.78, 5) is 47.8. The Morgan fingerprint density at radius 3 is 2.32 bits per heavy atom. The third-order valence-corrected chi connectivity index (χ3v) is 6.11. The molecule has 0 saturated heterocycles. The number of hydrogen-bond acceptors (Lipinski definition) is 8. The molecule has 4 aromatic rings. The summed E-state index contributed by atoms with van der Waals surface area (Å²) in [6.07, 6.45) is 4.29. The van der Waals surface area contributed by atoms with E-state index < -0.39 is 22.7 Å². The fourth-order valence-corrected chi connectivity index (χ4v) is 3.87. The Labute approximate surface area is 256 Å². The number of amides is 2. The van der Waals surface area contributed by atoms with Gasteiger partial charge in [0.05, 0.1) is 17.7 Å². The minimum Gasteiger partial charge on any atom is -0.490 e. The second-order valence-electron chi connectivity index (χ2n) is 8.98. The molecule has 2 N–H and O–H groups in total. The highest BCUT2D eigenvalue weighted by Gasteiger charge is 2.12. The number of nitro benzene ring substituents is 1. The molecule has 2 amide bonds. The first-order chi connectivity index (χ1) is 21.2. The molecular weight excluding hydrogens is 588 g/mol. The van der Waals surface area contributed by atoms with Gasteiger partial charge in [0.15, 0.2) is 11.5 Å². The van der Waals surface area contributed by atoms with Gasteiger partial charge >= 0.3 is 5.97 Å². The summed E-state index contributed by atoms with van der Waals surface area (Å²) < 4.78 is 11.0. The minimum atomic E-state index is -0.597. The lowest BCUT2D eigenvalue weighted by atomic mass is 10.1. The number of ether oxygens (including phenoxy) is 2. The SMILES string of the molecule is CCOc1cc(C=NNC(=O)c2cccc(NC(=O)c3ccc([N+](=O)[O-])cc3)c2)ccc1OC(=O)/C=C/c1ccc(Cl)cc1. The molecular formula is C32H25ClN4O7. The van der Waals surface area contributed by atoms with Gasteiger partial charge in [-0.15, -0.1) is 0 Å². The highest BCUT2D eigenvalue weighted by molar-refractivity contribution is 6.30. The van der Waals surface area contributed by atoms with E-state index >= 15 is 0 Å². The molecule has 11 nitrogen and oxygen atoms in total. The number of esters is 1. The van der Waals surface area contributed by atoms with Crippen molar-refractivity contribution in [2.45, 2.75) is 6.92 Å². The zero-order valence-corrected chi connectivity index (χ0v) is 24.0. The molecule has 4 aromatic carbocycles. The van der Waals surface area contributed by atoms with Crippen molar-refractivity contribution in [3.05, 3.63) is 134 Å². The Balaban J connectivity index is 1.36. The normalized spacial score (nSPS) is 10.9. The van der Waals surface area contributed by atoms with Crippen LogP contribution < -0.4 is 20.2 Å². The number of hydrogen-bond donors (Lipinski definition) is 2. The Bertz CT molecular complexity index is 1740. The Kier molecular flexibility index (Phi) is 10.5. The van der Waals surface area contributed by atoms with Crippen molar-refractivity contribution >= 4 is 53.0 Å². The van der Waals surface area contributed by atoms with Crippen LogP contribution in [-0.4, -0.2) is 35.5 Å². The number of hydrazone groups is 1. The fourth-order valence-electron chi connectivity index (χ4n) is 3.74. The van der Waals surface area contributed by atoms with Gasteiger partial charge in [-0.3, -0.25) is 19.7 Å². The third kappa shape index (κ3) is 8.84. The van der Waals surface area contributed by atoms with E-state index in [0.29, 0.717) is 28.6 Å². The van der Waals surface area contributed by atoms with E-state index in [1.165, 1.54) is 42.6 Å². The zero-order valence-electron chi connectivity index (χ0n) is 23.2. The summed E-state index contributed by atoms with van der Waals surface area (Å²) in [7, 11) is 0. The van der Waals surface area contributed by atoms with Crippen LogP contribution >= 0.6 is 11.6 Å². The van der Waals surface area contributed by atoms with Crippen LogP contribution in [0.3, 0.4) is 0 Å². The predicted octanol–water partition coefficient (Wildman–Crippen LogP) is 6.28. The second kappa shape index (κ2) is 14.9. The molecule has 0 spiro atoms. The maximum Gasteiger partial charge on any atom is 0.336 e. The Morgan fingerprint density at radius 1 is 0.886 bits per heavy atom. The van der Waals surface area contributed by atoms with Crippen molar-refractivity contribution in [1.29, 1.82) is 0 Å². The van der Waals surface area contributed by atoms with Gasteiger partial charge in [0.2, 0.25) is 0 Å². The molecule has 0 radical (unpaired) electrons. The number of carbonyl (C=O) groups excluding carboxylic acids is 3. The van der Waals surface area contributed by atoms with Crippen molar-refractivity contribution in [3.8, 4) is 11.5 Å². The first-order valence-corrected chi connectivity index (χ1v) is 13.5. The number of carbonyl (C=O) groups is 3. The molecule has 0 unspecified atom stereocenters. The molecule has 222 valence electrons. The Hall–Kier alpha value is -5.81. The molecule has 0 aliphatic heterocycles. The van der Waals surface area contributed by atoms with Gasteiger partial charge in [-0.05, 0) is 84.8 Å². The number of nitro groups is 1. The number of nitrogens with zero attached hydrogens (tertiary/aromatic N) is 2. The summed E-state index contributed by atoms with van der Waals surface area (Å²) in [6, 6.07) is 23.1. The molecule has 0 aliphatic carbocycles. The van der Waals surface area contributed by atoms with Crippen molar-refractivity contribution in [2.75, 3.05) is 11.9 Å². The maximum absolute atomic E-state index is 12.7. The van der Waals surface area contributed by atoms with Crippen LogP contribution in [0.5, 0.6) is 11.5 Å². The second-order valence-corrected chi connectivity index (χ2v) is 9.42. The van der Waals surface area contributed by atoms with Gasteiger partial charge < -0.3 is 14.8 Å². The monoisotopic (exact) mass is 612 g/mol. The topological polar surface area (TPSA) is 149 Å². The van der Waals surface area contributed by atoms with Crippen LogP contribution in [0, 0.1) is 10.1 Å². The number of halogens is 1. The molecule has 0 aromatic heterocycles. The average molecular weight is 613 g/mol. The first-order valence-electron chi connectivity index (χ1n) is 13.1. The van der Waals surface area contributed by atoms with Crippen LogP contribution in [-0.2, 0) is 4.79 Å². The van der Waals surface area contributed by atoms with Gasteiger partial charge in [0.25, 0.3) is 17.5 Å². The predicted molar refractivity (Wildman–Crippen MR) is 166 cm³/mol. The lowest BCUT2D eigenvalue weighted by Gasteiger charge is -2.10. The molecule has 44 heavy (non-hydrogen) atoms. The summed E-state index contributed by atoms with van der Waals surface area (Å²) in [5.41, 5.74) is 4.43. The van der Waals surface area contributed by atoms with Crippen LogP contribution in [0.25, 0.3) is 6.08 Å². The lowest BCUT2D eigenvalue weighted by molar-refractivity contribution is -0.384. The molecule has 0 bridgehead atoms. The van der Waals surface area contributed by atoms with Crippen molar-refractivity contribution < 1.29 is 28.8 Å². The molecule has 0 aliphatic rings. The van der Waals surface area contributed by atoms with E-state index in [0.717, 1.165) is 5.56 Å². The van der Waals surface area contributed by atoms with Crippen molar-refractivity contribution in [2.24, 2.45) is 5.10 Å². The molecule has 12 heteroatoms. The lowest BCUT2D eigenvalue weighted by Crippen LogP contribution is -2.18. The summed E-state index contributed by atoms with van der Waals surface area (Å²) in [5, 5.41) is 18.0. The molecule has 4 rings (SSSR count). The van der Waals surface area contributed by atoms with Gasteiger partial charge in [-0.25, -0.2) is 10.2 Å². The largest absolute Gasteiger partial charge is 0.490 e. The summed E-state index contributed by atoms with van der Waals surface area (Å²) in [5.74, 6) is -1.09. The van der Waals surface area contributed by atoms with Crippen LogP contribution in [0.15, 0.2) is 102 Å². The number of rotatable bonds is 11. The quantitative estimate of drug-likeness (QED) is 0.0505. The standard InChI is InChI=1S/C32H25ClN4O7/c1-2-43-29-18-22(8-16-28(29)44-30(38)17-9-21-6-12-25(33)13-7-21)20-34-36-32(40)24-4-3-5-26(19-24)35-31(39)23-10-14-27(15-11-23)37(41)42/h3-20H,2H2,1H3,(H,35,39)(H,36,40)/b17-9+,34-20?. The van der Waals surface area contributed by atoms with Crippen LogP contribution in [0.1, 0.15) is 38.8 Å².